The molecule has 6 nitrogen and oxygen atoms in total. The number of nitrogens with one attached hydrogen (secondary N) is 1. The molecule has 0 radical (unpaired) electrons. The van der Waals surface area contributed by atoms with Gasteiger partial charge in [-0.1, -0.05) is 12.1 Å². The van der Waals surface area contributed by atoms with E-state index in [1.165, 1.54) is 13.2 Å². The number of amides is 1. The number of carbonyl (C=O) groups is 1. The number of rotatable bonds is 6. The van der Waals surface area contributed by atoms with Crippen LogP contribution in [-0.2, 0) is 11.3 Å². The van der Waals surface area contributed by atoms with Crippen LogP contribution in [0.5, 0.6) is 5.75 Å². The molecule has 1 amide bonds. The van der Waals surface area contributed by atoms with Gasteiger partial charge in [-0.25, -0.2) is 9.07 Å². The number of piperidine rings is 1. The zero-order valence-corrected chi connectivity index (χ0v) is 16.9. The highest BCUT2D eigenvalue weighted by atomic mass is 19.1. The quantitative estimate of drug-likeness (QED) is 0.673. The van der Waals surface area contributed by atoms with Crippen molar-refractivity contribution in [3.63, 3.8) is 0 Å². The minimum Gasteiger partial charge on any atom is -0.494 e. The van der Waals surface area contributed by atoms with Crippen molar-refractivity contribution in [2.75, 3.05) is 25.5 Å². The lowest BCUT2D eigenvalue weighted by Gasteiger charge is -2.32. The summed E-state index contributed by atoms with van der Waals surface area (Å²) in [6.45, 7) is 2.25. The molecule has 1 aromatic heterocycles. The van der Waals surface area contributed by atoms with Crippen LogP contribution in [0.1, 0.15) is 18.4 Å². The molecule has 1 saturated heterocycles. The number of ether oxygens (including phenoxy) is 1. The number of aromatic nitrogens is 2. The first kappa shape index (κ1) is 20.1. The first-order valence-corrected chi connectivity index (χ1v) is 10.1. The van der Waals surface area contributed by atoms with Crippen LogP contribution >= 0.6 is 0 Å². The molecule has 4 rings (SSSR count). The summed E-state index contributed by atoms with van der Waals surface area (Å²) in [6.07, 6.45) is 5.39. The largest absolute Gasteiger partial charge is 0.494 e. The Morgan fingerprint density at radius 3 is 2.97 bits per heavy atom. The number of likely N-dealkylation sites (tertiary alicyclic amines) is 1. The Kier molecular flexibility index (Phi) is 6.09. The molecule has 7 heteroatoms. The summed E-state index contributed by atoms with van der Waals surface area (Å²) in [5.74, 6) is -0.186. The molecule has 0 unspecified atom stereocenters. The van der Waals surface area contributed by atoms with Crippen LogP contribution in [-0.4, -0.2) is 40.8 Å². The lowest BCUT2D eigenvalue weighted by Crippen LogP contribution is -2.40. The van der Waals surface area contributed by atoms with Crippen LogP contribution in [0.2, 0.25) is 0 Å². The maximum absolute atomic E-state index is 13.6. The van der Waals surface area contributed by atoms with Crippen molar-refractivity contribution >= 4 is 11.6 Å². The first-order valence-electron chi connectivity index (χ1n) is 10.1. The van der Waals surface area contributed by atoms with Crippen molar-refractivity contribution in [3.8, 4) is 11.4 Å². The van der Waals surface area contributed by atoms with Gasteiger partial charge in [0.15, 0.2) is 11.6 Å². The normalized spacial score (nSPS) is 16.9. The number of carbonyl (C=O) groups excluding carboxylic acids is 1. The zero-order chi connectivity index (χ0) is 20.9. The third kappa shape index (κ3) is 4.68. The molecule has 0 aliphatic carbocycles. The van der Waals surface area contributed by atoms with Gasteiger partial charge in [-0.3, -0.25) is 9.69 Å². The van der Waals surface area contributed by atoms with Crippen molar-refractivity contribution in [2.24, 2.45) is 5.92 Å². The van der Waals surface area contributed by atoms with E-state index >= 15 is 0 Å². The minimum atomic E-state index is -0.366. The number of hydrogen-bond acceptors (Lipinski definition) is 4. The summed E-state index contributed by atoms with van der Waals surface area (Å²) < 4.78 is 20.5. The van der Waals surface area contributed by atoms with Crippen molar-refractivity contribution in [2.45, 2.75) is 19.4 Å². The fourth-order valence-corrected chi connectivity index (χ4v) is 3.87. The lowest BCUT2D eigenvalue weighted by molar-refractivity contribution is -0.121. The fraction of sp³-hybridized carbons (Fsp3) is 0.304. The third-order valence-corrected chi connectivity index (χ3v) is 5.38. The molecule has 1 fully saturated rings. The van der Waals surface area contributed by atoms with Gasteiger partial charge in [0.25, 0.3) is 0 Å². The molecule has 2 heterocycles. The second-order valence-corrected chi connectivity index (χ2v) is 7.53. The van der Waals surface area contributed by atoms with Crippen molar-refractivity contribution in [1.29, 1.82) is 0 Å². The summed E-state index contributed by atoms with van der Waals surface area (Å²) in [5.41, 5.74) is 2.63. The van der Waals surface area contributed by atoms with Crippen LogP contribution in [0, 0.1) is 11.7 Å². The monoisotopic (exact) mass is 408 g/mol. The van der Waals surface area contributed by atoms with E-state index in [0.717, 1.165) is 36.3 Å². The number of nitrogens with zero attached hydrogens (tertiary/aromatic N) is 3. The van der Waals surface area contributed by atoms with E-state index < -0.39 is 0 Å². The van der Waals surface area contributed by atoms with E-state index in [9.17, 15) is 9.18 Å². The van der Waals surface area contributed by atoms with Gasteiger partial charge in [-0.05, 0) is 61.3 Å². The van der Waals surface area contributed by atoms with Crippen molar-refractivity contribution in [1.82, 2.24) is 14.7 Å². The summed E-state index contributed by atoms with van der Waals surface area (Å²) in [6, 6.07) is 14.4. The Hall–Kier alpha value is -3.19. The smallest absolute Gasteiger partial charge is 0.228 e. The first-order chi connectivity index (χ1) is 14.6. The highest BCUT2D eigenvalue weighted by Crippen LogP contribution is 2.24. The summed E-state index contributed by atoms with van der Waals surface area (Å²) in [7, 11) is 1.46. The highest BCUT2D eigenvalue weighted by Gasteiger charge is 2.26. The van der Waals surface area contributed by atoms with Crippen LogP contribution < -0.4 is 10.1 Å². The standard InChI is InChI=1S/C23H25FN4O2/c1-30-22-13-17(8-9-21(22)24)15-27-11-3-5-18(16-27)23(29)26-19-6-2-7-20(14-19)28-12-4-10-25-28/h2,4,6-10,12-14,18H,3,5,11,15-16H2,1H3,(H,26,29)/t18-/m0/s1. The van der Waals surface area contributed by atoms with Crippen LogP contribution in [0.3, 0.4) is 0 Å². The van der Waals surface area contributed by atoms with E-state index in [1.807, 2.05) is 36.5 Å². The number of benzene rings is 2. The summed E-state index contributed by atoms with van der Waals surface area (Å²) >= 11 is 0. The van der Waals surface area contributed by atoms with Gasteiger partial charge in [-0.2, -0.15) is 5.10 Å². The van der Waals surface area contributed by atoms with Gasteiger partial charge in [0, 0.05) is 31.2 Å². The van der Waals surface area contributed by atoms with E-state index in [4.69, 9.17) is 4.74 Å². The molecule has 3 aromatic rings. The van der Waals surface area contributed by atoms with E-state index in [2.05, 4.69) is 15.3 Å². The molecular formula is C23H25FN4O2. The number of hydrogen-bond donors (Lipinski definition) is 1. The maximum Gasteiger partial charge on any atom is 0.228 e. The predicted molar refractivity (Wildman–Crippen MR) is 113 cm³/mol. The van der Waals surface area contributed by atoms with Crippen LogP contribution in [0.4, 0.5) is 10.1 Å². The van der Waals surface area contributed by atoms with Crippen LogP contribution in [0.15, 0.2) is 60.9 Å². The molecule has 0 saturated carbocycles. The van der Waals surface area contributed by atoms with Gasteiger partial charge >= 0.3 is 0 Å². The lowest BCUT2D eigenvalue weighted by atomic mass is 9.96. The summed E-state index contributed by atoms with van der Waals surface area (Å²) in [4.78, 5) is 15.1. The fourth-order valence-electron chi connectivity index (χ4n) is 3.87. The second kappa shape index (κ2) is 9.09. The molecule has 1 N–H and O–H groups in total. The van der Waals surface area contributed by atoms with E-state index in [0.29, 0.717) is 13.1 Å². The average molecular weight is 408 g/mol. The molecule has 30 heavy (non-hydrogen) atoms. The SMILES string of the molecule is COc1cc(CN2CCC[C@H](C(=O)Nc3cccc(-n4cccn4)c3)C2)ccc1F. The summed E-state index contributed by atoms with van der Waals surface area (Å²) in [5, 5.41) is 7.28. The molecule has 1 aliphatic heterocycles. The number of anilines is 1. The molecule has 1 aliphatic rings. The Balaban J connectivity index is 1.38. The Morgan fingerprint density at radius 2 is 2.17 bits per heavy atom. The Bertz CT molecular complexity index is 1010. The van der Waals surface area contributed by atoms with E-state index in [-0.39, 0.29) is 23.4 Å². The number of halogens is 1. The maximum atomic E-state index is 13.6. The zero-order valence-electron chi connectivity index (χ0n) is 16.9. The predicted octanol–water partition coefficient (Wildman–Crippen LogP) is 3.87. The Labute approximate surface area is 175 Å². The van der Waals surface area contributed by atoms with Crippen LogP contribution in [0.25, 0.3) is 5.69 Å². The molecule has 0 bridgehead atoms. The van der Waals surface area contributed by atoms with Crippen molar-refractivity contribution < 1.29 is 13.9 Å². The van der Waals surface area contributed by atoms with Crippen molar-refractivity contribution in [3.05, 3.63) is 72.3 Å². The second-order valence-electron chi connectivity index (χ2n) is 7.53. The average Bonchev–Trinajstić information content (AvgIpc) is 3.30. The van der Waals surface area contributed by atoms with Gasteiger partial charge in [0.2, 0.25) is 5.91 Å². The number of methoxy groups -OCH3 is 1. The van der Waals surface area contributed by atoms with Gasteiger partial charge in [0.1, 0.15) is 0 Å². The third-order valence-electron chi connectivity index (χ3n) is 5.38. The van der Waals surface area contributed by atoms with Gasteiger partial charge in [0.05, 0.1) is 18.7 Å². The van der Waals surface area contributed by atoms with Gasteiger partial charge < -0.3 is 10.1 Å². The minimum absolute atomic E-state index is 0.0222. The highest BCUT2D eigenvalue weighted by molar-refractivity contribution is 5.93. The molecule has 0 spiro atoms. The molecule has 2 aromatic carbocycles. The topological polar surface area (TPSA) is 59.4 Å². The van der Waals surface area contributed by atoms with E-state index in [1.54, 1.807) is 23.0 Å². The molecule has 1 atom stereocenters. The molecule has 156 valence electrons. The molecular weight excluding hydrogens is 383 g/mol. The van der Waals surface area contributed by atoms with Gasteiger partial charge in [-0.15, -0.1) is 0 Å². The Morgan fingerprint density at radius 1 is 1.27 bits per heavy atom.